The molecule has 23 heavy (non-hydrogen) atoms. The number of amides is 1. The van der Waals surface area contributed by atoms with Crippen LogP contribution in [-0.2, 0) is 0 Å². The second-order valence-corrected chi connectivity index (χ2v) is 4.53. The lowest BCUT2D eigenvalue weighted by Gasteiger charge is -2.12. The average molecular weight is 310 g/mol. The summed E-state index contributed by atoms with van der Waals surface area (Å²) in [6.07, 6.45) is 2.75. The highest BCUT2D eigenvalue weighted by atomic mass is 16.3. The van der Waals surface area contributed by atoms with E-state index >= 15 is 0 Å². The van der Waals surface area contributed by atoms with Gasteiger partial charge in [-0.1, -0.05) is 18.2 Å². The Morgan fingerprint density at radius 2 is 1.83 bits per heavy atom. The second-order valence-electron chi connectivity index (χ2n) is 4.53. The maximum Gasteiger partial charge on any atom is 0.305 e. The van der Waals surface area contributed by atoms with E-state index in [4.69, 9.17) is 10.2 Å². The number of hydrazine groups is 1. The smallest absolute Gasteiger partial charge is 0.305 e. The average Bonchev–Trinajstić information content (AvgIpc) is 3.11. The van der Waals surface area contributed by atoms with E-state index < -0.39 is 5.91 Å². The van der Waals surface area contributed by atoms with Crippen LogP contribution in [0.2, 0.25) is 0 Å². The first kappa shape index (κ1) is 14.4. The lowest BCUT2D eigenvalue weighted by Crippen LogP contribution is -2.30. The van der Waals surface area contributed by atoms with Crippen LogP contribution in [-0.4, -0.2) is 15.9 Å². The zero-order valence-corrected chi connectivity index (χ0v) is 12.0. The zero-order chi connectivity index (χ0) is 16.1. The highest BCUT2D eigenvalue weighted by Gasteiger charge is 2.11. The summed E-state index contributed by atoms with van der Waals surface area (Å²) in [5.74, 6) is 0.442. The normalized spacial score (nSPS) is 10.1. The number of nitrogens with one attached hydrogen (secondary N) is 3. The molecule has 0 fully saturated rings. The molecular formula is C15H14N6O2. The van der Waals surface area contributed by atoms with Crippen molar-refractivity contribution in [2.45, 2.75) is 0 Å². The Morgan fingerprint density at radius 1 is 1.04 bits per heavy atom. The molecule has 0 spiro atoms. The number of anilines is 4. The summed E-state index contributed by atoms with van der Waals surface area (Å²) in [4.78, 5) is 19.9. The predicted molar refractivity (Wildman–Crippen MR) is 86.0 cm³/mol. The van der Waals surface area contributed by atoms with E-state index in [-0.39, 0.29) is 17.3 Å². The van der Waals surface area contributed by atoms with Gasteiger partial charge in [0.05, 0.1) is 6.26 Å². The van der Waals surface area contributed by atoms with Gasteiger partial charge in [-0.3, -0.25) is 15.6 Å². The van der Waals surface area contributed by atoms with Crippen LogP contribution in [0.4, 0.5) is 23.0 Å². The van der Waals surface area contributed by atoms with E-state index in [1.807, 2.05) is 30.3 Å². The molecule has 0 saturated carbocycles. The number of hydrogen-bond acceptors (Lipinski definition) is 7. The predicted octanol–water partition coefficient (Wildman–Crippen LogP) is 2.15. The van der Waals surface area contributed by atoms with Crippen molar-refractivity contribution in [1.29, 1.82) is 0 Å². The Morgan fingerprint density at radius 3 is 2.57 bits per heavy atom. The Balaban J connectivity index is 1.71. The van der Waals surface area contributed by atoms with Gasteiger partial charge in [0.15, 0.2) is 17.4 Å². The van der Waals surface area contributed by atoms with Gasteiger partial charge in [-0.2, -0.15) is 0 Å². The van der Waals surface area contributed by atoms with Crippen molar-refractivity contribution in [3.8, 4) is 0 Å². The summed E-state index contributed by atoms with van der Waals surface area (Å²) in [6.45, 7) is 0. The van der Waals surface area contributed by atoms with Crippen LogP contribution in [0.1, 0.15) is 10.6 Å². The molecule has 0 saturated heterocycles. The summed E-state index contributed by atoms with van der Waals surface area (Å²) < 4.78 is 4.99. The fourth-order valence-electron chi connectivity index (χ4n) is 1.84. The van der Waals surface area contributed by atoms with Gasteiger partial charge in [0.2, 0.25) is 0 Å². The highest BCUT2D eigenvalue weighted by Crippen LogP contribution is 2.25. The molecule has 3 rings (SSSR count). The van der Waals surface area contributed by atoms with E-state index in [9.17, 15) is 4.79 Å². The fourth-order valence-corrected chi connectivity index (χ4v) is 1.84. The fraction of sp³-hybridized carbons (Fsp3) is 0. The molecule has 116 valence electrons. The van der Waals surface area contributed by atoms with Crippen LogP contribution in [0.25, 0.3) is 0 Å². The molecule has 0 atom stereocenters. The SMILES string of the molecule is Nc1c(NNC(=O)c2ccco2)ncnc1Nc1ccccc1. The van der Waals surface area contributed by atoms with Gasteiger partial charge in [-0.25, -0.2) is 9.97 Å². The number of benzene rings is 1. The summed E-state index contributed by atoms with van der Waals surface area (Å²) in [5.41, 5.74) is 12.2. The van der Waals surface area contributed by atoms with Gasteiger partial charge in [0, 0.05) is 5.69 Å². The van der Waals surface area contributed by atoms with E-state index in [1.165, 1.54) is 12.6 Å². The third-order valence-electron chi connectivity index (χ3n) is 2.96. The Labute approximate surface area is 131 Å². The van der Waals surface area contributed by atoms with Crippen molar-refractivity contribution in [1.82, 2.24) is 15.4 Å². The lowest BCUT2D eigenvalue weighted by molar-refractivity contribution is 0.0935. The molecule has 2 aromatic heterocycles. The molecular weight excluding hydrogens is 296 g/mol. The number of rotatable bonds is 5. The number of aromatic nitrogens is 2. The van der Waals surface area contributed by atoms with Crippen LogP contribution >= 0.6 is 0 Å². The molecule has 8 heteroatoms. The number of nitrogen functional groups attached to an aromatic ring is 1. The molecule has 5 N–H and O–H groups in total. The van der Waals surface area contributed by atoms with Crippen LogP contribution in [0.3, 0.4) is 0 Å². The third kappa shape index (κ3) is 3.38. The molecule has 0 bridgehead atoms. The van der Waals surface area contributed by atoms with Crippen LogP contribution < -0.4 is 21.9 Å². The minimum Gasteiger partial charge on any atom is -0.459 e. The van der Waals surface area contributed by atoms with E-state index in [0.717, 1.165) is 5.69 Å². The second kappa shape index (κ2) is 6.48. The largest absolute Gasteiger partial charge is 0.459 e. The first-order valence-corrected chi connectivity index (χ1v) is 6.76. The summed E-state index contributed by atoms with van der Waals surface area (Å²) in [5, 5.41) is 3.08. The standard InChI is InChI=1S/C15H14N6O2/c16-12-13(19-10-5-2-1-3-6-10)17-9-18-14(12)20-21-15(22)11-7-4-8-23-11/h1-9H,16H2,(H,21,22)(H2,17,18,19,20). The maximum absolute atomic E-state index is 11.8. The van der Waals surface area contributed by atoms with Crippen molar-refractivity contribution in [2.24, 2.45) is 0 Å². The number of hydrogen-bond donors (Lipinski definition) is 4. The molecule has 0 aliphatic carbocycles. The molecule has 2 heterocycles. The quantitative estimate of drug-likeness (QED) is 0.533. The number of nitrogens with zero attached hydrogens (tertiary/aromatic N) is 2. The number of nitrogens with two attached hydrogens (primary N) is 1. The number of furan rings is 1. The molecule has 0 radical (unpaired) electrons. The van der Waals surface area contributed by atoms with Gasteiger partial charge in [-0.15, -0.1) is 0 Å². The Bertz CT molecular complexity index is 789. The van der Waals surface area contributed by atoms with Gasteiger partial charge >= 0.3 is 5.91 Å². The first-order chi connectivity index (χ1) is 11.2. The number of para-hydroxylation sites is 1. The molecule has 8 nitrogen and oxygen atoms in total. The zero-order valence-electron chi connectivity index (χ0n) is 12.0. The van der Waals surface area contributed by atoms with Crippen LogP contribution in [0, 0.1) is 0 Å². The lowest BCUT2D eigenvalue weighted by atomic mass is 10.3. The van der Waals surface area contributed by atoms with E-state index in [0.29, 0.717) is 5.82 Å². The topological polar surface area (TPSA) is 118 Å². The molecule has 0 unspecified atom stereocenters. The molecule has 0 aliphatic rings. The Kier molecular flexibility index (Phi) is 4.05. The monoisotopic (exact) mass is 310 g/mol. The number of carbonyl (C=O) groups is 1. The minimum absolute atomic E-state index is 0.174. The third-order valence-corrected chi connectivity index (χ3v) is 2.96. The van der Waals surface area contributed by atoms with Gasteiger partial charge in [0.25, 0.3) is 0 Å². The Hall–Kier alpha value is -3.55. The van der Waals surface area contributed by atoms with Crippen molar-refractivity contribution in [3.05, 3.63) is 60.8 Å². The van der Waals surface area contributed by atoms with Gasteiger partial charge < -0.3 is 15.5 Å². The van der Waals surface area contributed by atoms with Crippen molar-refractivity contribution in [3.63, 3.8) is 0 Å². The van der Waals surface area contributed by atoms with Crippen LogP contribution in [0.15, 0.2) is 59.5 Å². The van der Waals surface area contributed by atoms with E-state index in [1.54, 1.807) is 12.1 Å². The molecule has 1 amide bonds. The summed E-state index contributed by atoms with van der Waals surface area (Å²) in [7, 11) is 0. The van der Waals surface area contributed by atoms with Crippen molar-refractivity contribution in [2.75, 3.05) is 16.5 Å². The van der Waals surface area contributed by atoms with Gasteiger partial charge in [0.1, 0.15) is 12.0 Å². The van der Waals surface area contributed by atoms with Gasteiger partial charge in [-0.05, 0) is 24.3 Å². The van der Waals surface area contributed by atoms with Crippen LogP contribution in [0.5, 0.6) is 0 Å². The highest BCUT2D eigenvalue weighted by molar-refractivity contribution is 5.92. The number of carbonyl (C=O) groups excluding carboxylic acids is 1. The molecule has 1 aromatic carbocycles. The maximum atomic E-state index is 11.8. The first-order valence-electron chi connectivity index (χ1n) is 6.76. The van der Waals surface area contributed by atoms with Crippen molar-refractivity contribution < 1.29 is 9.21 Å². The summed E-state index contributed by atoms with van der Waals surface area (Å²) >= 11 is 0. The molecule has 0 aliphatic heterocycles. The van der Waals surface area contributed by atoms with E-state index in [2.05, 4.69) is 26.1 Å². The van der Waals surface area contributed by atoms with Crippen molar-refractivity contribution >= 4 is 28.9 Å². The minimum atomic E-state index is -0.439. The summed E-state index contributed by atoms with van der Waals surface area (Å²) in [6, 6.07) is 12.6. The molecule has 3 aromatic rings.